The number of benzene rings is 1. The lowest BCUT2D eigenvalue weighted by atomic mass is 10.1. The minimum Gasteiger partial charge on any atom is -0.239 e. The van der Waals surface area contributed by atoms with Crippen LogP contribution >= 0.6 is 0 Å². The molecule has 0 aliphatic rings. The van der Waals surface area contributed by atoms with Crippen molar-refractivity contribution in [1.29, 1.82) is 5.26 Å². The summed E-state index contributed by atoms with van der Waals surface area (Å²) in [5.41, 5.74) is 3.18. The summed E-state index contributed by atoms with van der Waals surface area (Å²) in [6.07, 6.45) is 1.73. The van der Waals surface area contributed by atoms with Gasteiger partial charge in [-0.2, -0.15) is 5.26 Å². The van der Waals surface area contributed by atoms with Crippen molar-refractivity contribution in [3.8, 4) is 17.3 Å². The second kappa shape index (κ2) is 4.62. The fourth-order valence-electron chi connectivity index (χ4n) is 1.72. The second-order valence-electron chi connectivity index (χ2n) is 3.74. The van der Waals surface area contributed by atoms with Crippen molar-refractivity contribution in [2.75, 3.05) is 0 Å². The Balaban J connectivity index is 2.60. The van der Waals surface area contributed by atoms with Crippen LogP contribution in [0, 0.1) is 18.3 Å². The fourth-order valence-corrected chi connectivity index (χ4v) is 1.72. The third-order valence-corrected chi connectivity index (χ3v) is 2.43. The third-order valence-electron chi connectivity index (χ3n) is 2.43. The maximum Gasteiger partial charge on any atom is 0.190 e. The largest absolute Gasteiger partial charge is 0.239 e. The Bertz CT molecular complexity index is 590. The molecule has 0 saturated heterocycles. The summed E-state index contributed by atoms with van der Waals surface area (Å²) >= 11 is 0. The maximum atomic E-state index is 9.04. The molecule has 2 rings (SSSR count). The lowest BCUT2D eigenvalue weighted by molar-refractivity contribution is 0.668. The van der Waals surface area contributed by atoms with Crippen LogP contribution in [0.2, 0.25) is 0 Å². The quantitative estimate of drug-likeness (QED) is 0.752. The zero-order chi connectivity index (χ0) is 12.3. The molecule has 0 N–H and O–H groups in total. The van der Waals surface area contributed by atoms with Gasteiger partial charge in [0.05, 0.1) is 6.54 Å². The molecule has 0 saturated carbocycles. The molecule has 17 heavy (non-hydrogen) atoms. The van der Waals surface area contributed by atoms with E-state index in [2.05, 4.69) is 23.0 Å². The minimum absolute atomic E-state index is 0.345. The summed E-state index contributed by atoms with van der Waals surface area (Å²) in [6, 6.07) is 9.99. The van der Waals surface area contributed by atoms with Crippen molar-refractivity contribution in [1.82, 2.24) is 15.0 Å². The predicted octanol–water partition coefficient (Wildman–Crippen LogP) is 2.31. The number of aromatic nitrogens is 3. The van der Waals surface area contributed by atoms with Crippen molar-refractivity contribution in [2.24, 2.45) is 0 Å². The standard InChI is InChI=1S/C13H12N4/c1-3-7-17-13(12(9-14)15-16-17)11-6-4-5-10(2)8-11/h3-6,8H,1,7H2,2H3. The highest BCUT2D eigenvalue weighted by molar-refractivity contribution is 5.65. The van der Waals surface area contributed by atoms with Crippen molar-refractivity contribution in [2.45, 2.75) is 13.5 Å². The Morgan fingerprint density at radius 1 is 1.53 bits per heavy atom. The van der Waals surface area contributed by atoms with Crippen LogP contribution in [0.15, 0.2) is 36.9 Å². The lowest BCUT2D eigenvalue weighted by Gasteiger charge is -2.04. The van der Waals surface area contributed by atoms with E-state index in [4.69, 9.17) is 5.26 Å². The van der Waals surface area contributed by atoms with Gasteiger partial charge in [0.2, 0.25) is 0 Å². The smallest absolute Gasteiger partial charge is 0.190 e. The van der Waals surface area contributed by atoms with Gasteiger partial charge in [-0.05, 0) is 13.0 Å². The highest BCUT2D eigenvalue weighted by Gasteiger charge is 2.13. The third kappa shape index (κ3) is 2.08. The molecule has 0 unspecified atom stereocenters. The molecular weight excluding hydrogens is 212 g/mol. The van der Waals surface area contributed by atoms with Crippen molar-refractivity contribution < 1.29 is 0 Å². The van der Waals surface area contributed by atoms with Crippen LogP contribution in [0.5, 0.6) is 0 Å². The van der Waals surface area contributed by atoms with Crippen LogP contribution in [-0.4, -0.2) is 15.0 Å². The van der Waals surface area contributed by atoms with E-state index in [1.54, 1.807) is 10.8 Å². The molecule has 0 bridgehead atoms. The van der Waals surface area contributed by atoms with Gasteiger partial charge in [0, 0.05) is 5.56 Å². The Morgan fingerprint density at radius 2 is 2.35 bits per heavy atom. The summed E-state index contributed by atoms with van der Waals surface area (Å²) in [5, 5.41) is 16.9. The minimum atomic E-state index is 0.345. The van der Waals surface area contributed by atoms with E-state index < -0.39 is 0 Å². The maximum absolute atomic E-state index is 9.04. The second-order valence-corrected chi connectivity index (χ2v) is 3.74. The molecule has 1 aromatic carbocycles. The molecule has 0 amide bonds. The Morgan fingerprint density at radius 3 is 3.00 bits per heavy atom. The molecule has 0 aliphatic carbocycles. The van der Waals surface area contributed by atoms with Gasteiger partial charge in [0.25, 0.3) is 0 Å². The zero-order valence-electron chi connectivity index (χ0n) is 9.59. The van der Waals surface area contributed by atoms with Crippen molar-refractivity contribution in [3.63, 3.8) is 0 Å². The van der Waals surface area contributed by atoms with E-state index in [1.807, 2.05) is 31.2 Å². The van der Waals surface area contributed by atoms with Crippen LogP contribution in [0.4, 0.5) is 0 Å². The van der Waals surface area contributed by atoms with Gasteiger partial charge >= 0.3 is 0 Å². The van der Waals surface area contributed by atoms with E-state index in [-0.39, 0.29) is 0 Å². The molecular formula is C13H12N4. The first-order valence-corrected chi connectivity index (χ1v) is 5.27. The molecule has 0 radical (unpaired) electrons. The normalized spacial score (nSPS) is 9.88. The van der Waals surface area contributed by atoms with Crippen LogP contribution in [0.25, 0.3) is 11.3 Å². The first kappa shape index (κ1) is 11.1. The fraction of sp³-hybridized carbons (Fsp3) is 0.154. The number of allylic oxidation sites excluding steroid dienone is 1. The molecule has 0 aliphatic heterocycles. The molecule has 0 fully saturated rings. The molecule has 1 heterocycles. The molecule has 84 valence electrons. The lowest BCUT2D eigenvalue weighted by Crippen LogP contribution is -2.00. The van der Waals surface area contributed by atoms with Gasteiger partial charge in [-0.3, -0.25) is 0 Å². The van der Waals surface area contributed by atoms with Gasteiger partial charge < -0.3 is 0 Å². The Kier molecular flexibility index (Phi) is 3.01. The molecule has 4 heteroatoms. The molecule has 2 aromatic rings. The molecule has 4 nitrogen and oxygen atoms in total. The Hall–Kier alpha value is -2.41. The summed E-state index contributed by atoms with van der Waals surface area (Å²) in [5.74, 6) is 0. The van der Waals surface area contributed by atoms with Crippen molar-refractivity contribution >= 4 is 0 Å². The highest BCUT2D eigenvalue weighted by atomic mass is 15.4. The molecule has 1 aromatic heterocycles. The van der Waals surface area contributed by atoms with Crippen molar-refractivity contribution in [3.05, 3.63) is 48.2 Å². The Labute approximate surface area is 99.8 Å². The van der Waals surface area contributed by atoms with Crippen LogP contribution < -0.4 is 0 Å². The van der Waals surface area contributed by atoms with Crippen LogP contribution in [0.3, 0.4) is 0 Å². The summed E-state index contributed by atoms with van der Waals surface area (Å²) in [7, 11) is 0. The summed E-state index contributed by atoms with van der Waals surface area (Å²) < 4.78 is 1.68. The number of aryl methyl sites for hydroxylation is 1. The van der Waals surface area contributed by atoms with Gasteiger partial charge in [0.15, 0.2) is 5.69 Å². The number of nitrogens with zero attached hydrogens (tertiary/aromatic N) is 4. The van der Waals surface area contributed by atoms with E-state index in [1.165, 1.54) is 0 Å². The first-order chi connectivity index (χ1) is 8.26. The monoisotopic (exact) mass is 224 g/mol. The average molecular weight is 224 g/mol. The average Bonchev–Trinajstić information content (AvgIpc) is 2.72. The number of hydrogen-bond donors (Lipinski definition) is 0. The van der Waals surface area contributed by atoms with Gasteiger partial charge in [-0.1, -0.05) is 35.1 Å². The molecule has 0 atom stereocenters. The number of nitriles is 1. The van der Waals surface area contributed by atoms with Crippen LogP contribution in [-0.2, 0) is 6.54 Å². The van der Waals surface area contributed by atoms with E-state index >= 15 is 0 Å². The van der Waals surface area contributed by atoms with E-state index in [9.17, 15) is 0 Å². The van der Waals surface area contributed by atoms with Gasteiger partial charge in [-0.25, -0.2) is 4.68 Å². The first-order valence-electron chi connectivity index (χ1n) is 5.27. The van der Waals surface area contributed by atoms with Crippen LogP contribution in [0.1, 0.15) is 11.3 Å². The number of rotatable bonds is 3. The molecule has 0 spiro atoms. The van der Waals surface area contributed by atoms with E-state index in [0.717, 1.165) is 16.8 Å². The van der Waals surface area contributed by atoms with Gasteiger partial charge in [-0.15, -0.1) is 11.7 Å². The predicted molar refractivity (Wildman–Crippen MR) is 65.1 cm³/mol. The SMILES string of the molecule is C=CCn1nnc(C#N)c1-c1cccc(C)c1. The summed E-state index contributed by atoms with van der Waals surface area (Å²) in [6.45, 7) is 6.22. The summed E-state index contributed by atoms with van der Waals surface area (Å²) in [4.78, 5) is 0. The van der Waals surface area contributed by atoms with Gasteiger partial charge in [0.1, 0.15) is 11.8 Å². The zero-order valence-corrected chi connectivity index (χ0v) is 9.59. The highest BCUT2D eigenvalue weighted by Crippen LogP contribution is 2.22. The topological polar surface area (TPSA) is 54.5 Å². The number of hydrogen-bond acceptors (Lipinski definition) is 3. The van der Waals surface area contributed by atoms with E-state index in [0.29, 0.717) is 12.2 Å².